The van der Waals surface area contributed by atoms with Crippen molar-refractivity contribution in [3.05, 3.63) is 17.1 Å². The number of sulfonamides is 1. The molecule has 21 heavy (non-hydrogen) atoms. The van der Waals surface area contributed by atoms with Gasteiger partial charge in [0.25, 0.3) is 0 Å². The van der Waals surface area contributed by atoms with Crippen LogP contribution >= 0.6 is 0 Å². The largest absolute Gasteiger partial charge is 0.465 e. The number of rotatable bonds is 5. The van der Waals surface area contributed by atoms with Gasteiger partial charge in [0.05, 0.1) is 6.61 Å². The molecule has 120 valence electrons. The summed E-state index contributed by atoms with van der Waals surface area (Å²) in [6.07, 6.45) is 4.73. The van der Waals surface area contributed by atoms with Crippen LogP contribution in [0.25, 0.3) is 0 Å². The van der Waals surface area contributed by atoms with Gasteiger partial charge in [-0.25, -0.2) is 8.42 Å². The molecule has 0 amide bonds. The van der Waals surface area contributed by atoms with Crippen molar-refractivity contribution in [3.8, 4) is 0 Å². The summed E-state index contributed by atoms with van der Waals surface area (Å²) >= 11 is 0. The molecule has 6 heteroatoms. The minimum Gasteiger partial charge on any atom is -0.465 e. The van der Waals surface area contributed by atoms with E-state index in [1.807, 2.05) is 0 Å². The zero-order chi connectivity index (χ0) is 15.6. The lowest BCUT2D eigenvalue weighted by molar-refractivity contribution is 0.238. The van der Waals surface area contributed by atoms with Gasteiger partial charge < -0.3 is 9.52 Å². The Morgan fingerprint density at radius 1 is 1.29 bits per heavy atom. The molecule has 1 aliphatic heterocycles. The summed E-state index contributed by atoms with van der Waals surface area (Å²) < 4.78 is 33.1. The van der Waals surface area contributed by atoms with Crippen molar-refractivity contribution in [3.63, 3.8) is 0 Å². The van der Waals surface area contributed by atoms with E-state index in [2.05, 4.69) is 6.92 Å². The lowest BCUT2D eigenvalue weighted by Gasteiger charge is -2.34. The minimum atomic E-state index is -3.61. The van der Waals surface area contributed by atoms with Crippen LogP contribution in [0.15, 0.2) is 9.31 Å². The molecule has 5 nitrogen and oxygen atoms in total. The van der Waals surface area contributed by atoms with Gasteiger partial charge >= 0.3 is 0 Å². The SMILES string of the molecule is CCCC1CCCCN1S(=O)(=O)c1c(C)oc(C)c1CO. The van der Waals surface area contributed by atoms with Crippen molar-refractivity contribution >= 4 is 10.0 Å². The summed E-state index contributed by atoms with van der Waals surface area (Å²) in [6.45, 7) is 5.66. The van der Waals surface area contributed by atoms with Crippen LogP contribution in [0, 0.1) is 13.8 Å². The summed E-state index contributed by atoms with van der Waals surface area (Å²) in [7, 11) is -3.61. The molecule has 0 aromatic carbocycles. The van der Waals surface area contributed by atoms with Crippen LogP contribution in [-0.2, 0) is 16.6 Å². The normalized spacial score (nSPS) is 20.9. The van der Waals surface area contributed by atoms with E-state index in [1.165, 1.54) is 0 Å². The molecule has 0 radical (unpaired) electrons. The third-order valence-corrected chi connectivity index (χ3v) is 6.39. The lowest BCUT2D eigenvalue weighted by Crippen LogP contribution is -2.43. The smallest absolute Gasteiger partial charge is 0.247 e. The van der Waals surface area contributed by atoms with Gasteiger partial charge in [-0.05, 0) is 33.1 Å². The van der Waals surface area contributed by atoms with Gasteiger partial charge in [0.15, 0.2) is 0 Å². The lowest BCUT2D eigenvalue weighted by atomic mass is 10.0. The van der Waals surface area contributed by atoms with Crippen molar-refractivity contribution in [2.24, 2.45) is 0 Å². The van der Waals surface area contributed by atoms with Gasteiger partial charge in [-0.3, -0.25) is 0 Å². The minimum absolute atomic E-state index is 0.0647. The van der Waals surface area contributed by atoms with Gasteiger partial charge in [0, 0.05) is 18.2 Å². The van der Waals surface area contributed by atoms with E-state index in [-0.39, 0.29) is 17.5 Å². The summed E-state index contributed by atoms with van der Waals surface area (Å²) in [5.41, 5.74) is 0.397. The van der Waals surface area contributed by atoms with Crippen LogP contribution in [0.1, 0.15) is 56.1 Å². The molecule has 2 heterocycles. The molecule has 1 atom stereocenters. The van der Waals surface area contributed by atoms with Crippen LogP contribution in [0.5, 0.6) is 0 Å². The Labute approximate surface area is 127 Å². The molecule has 1 unspecified atom stereocenters. The summed E-state index contributed by atoms with van der Waals surface area (Å²) in [5, 5.41) is 9.50. The maximum absolute atomic E-state index is 13.0. The molecule has 0 saturated carbocycles. The maximum Gasteiger partial charge on any atom is 0.247 e. The van der Waals surface area contributed by atoms with Crippen LogP contribution in [-0.4, -0.2) is 30.4 Å². The van der Waals surface area contributed by atoms with E-state index in [4.69, 9.17) is 4.42 Å². The van der Waals surface area contributed by atoms with Gasteiger partial charge in [-0.15, -0.1) is 0 Å². The Balaban J connectivity index is 2.45. The molecule has 1 aromatic heterocycles. The number of aliphatic hydroxyl groups excluding tert-OH is 1. The summed E-state index contributed by atoms with van der Waals surface area (Å²) in [5.74, 6) is 0.856. The molecule has 1 N–H and O–H groups in total. The number of hydrogen-bond acceptors (Lipinski definition) is 4. The topological polar surface area (TPSA) is 70.8 Å². The fourth-order valence-corrected chi connectivity index (χ4v) is 5.39. The molecular weight excluding hydrogens is 290 g/mol. The summed E-state index contributed by atoms with van der Waals surface area (Å²) in [4.78, 5) is 0.172. The number of aryl methyl sites for hydroxylation is 2. The first kappa shape index (κ1) is 16.5. The molecule has 0 spiro atoms. The highest BCUT2D eigenvalue weighted by atomic mass is 32.2. The van der Waals surface area contributed by atoms with Crippen molar-refractivity contribution < 1.29 is 17.9 Å². The van der Waals surface area contributed by atoms with Gasteiger partial charge in [0.2, 0.25) is 10.0 Å². The first-order valence-electron chi connectivity index (χ1n) is 7.65. The van der Waals surface area contributed by atoms with E-state index in [9.17, 15) is 13.5 Å². The fraction of sp³-hybridized carbons (Fsp3) is 0.733. The van der Waals surface area contributed by atoms with Crippen molar-refractivity contribution in [1.29, 1.82) is 0 Å². The highest BCUT2D eigenvalue weighted by Crippen LogP contribution is 2.33. The third kappa shape index (κ3) is 3.03. The Bertz CT molecular complexity index is 589. The Morgan fingerprint density at radius 2 is 2.00 bits per heavy atom. The summed E-state index contributed by atoms with van der Waals surface area (Å²) in [6, 6.07) is 0.0647. The van der Waals surface area contributed by atoms with Crippen LogP contribution in [0.3, 0.4) is 0 Å². The van der Waals surface area contributed by atoms with Gasteiger partial charge in [0.1, 0.15) is 16.4 Å². The molecule has 1 fully saturated rings. The molecule has 1 saturated heterocycles. The average Bonchev–Trinajstić information content (AvgIpc) is 2.74. The van der Waals surface area contributed by atoms with Gasteiger partial charge in [-0.1, -0.05) is 19.8 Å². The second kappa shape index (κ2) is 6.50. The van der Waals surface area contributed by atoms with E-state index in [1.54, 1.807) is 18.2 Å². The molecule has 1 aliphatic rings. The van der Waals surface area contributed by atoms with E-state index >= 15 is 0 Å². The van der Waals surface area contributed by atoms with Crippen LogP contribution in [0.2, 0.25) is 0 Å². The van der Waals surface area contributed by atoms with Crippen LogP contribution in [0.4, 0.5) is 0 Å². The van der Waals surface area contributed by atoms with Gasteiger partial charge in [-0.2, -0.15) is 4.31 Å². The predicted octanol–water partition coefficient (Wildman–Crippen LogP) is 2.73. The Kier molecular flexibility index (Phi) is 5.11. The van der Waals surface area contributed by atoms with Crippen molar-refractivity contribution in [2.75, 3.05) is 6.54 Å². The third-order valence-electron chi connectivity index (χ3n) is 4.24. The van der Waals surface area contributed by atoms with E-state index in [0.717, 1.165) is 32.1 Å². The van der Waals surface area contributed by atoms with E-state index < -0.39 is 10.0 Å². The van der Waals surface area contributed by atoms with Crippen molar-refractivity contribution in [2.45, 2.75) is 70.4 Å². The molecule has 0 aliphatic carbocycles. The maximum atomic E-state index is 13.0. The molecule has 2 rings (SSSR count). The average molecular weight is 315 g/mol. The van der Waals surface area contributed by atoms with Crippen LogP contribution < -0.4 is 0 Å². The first-order valence-corrected chi connectivity index (χ1v) is 9.09. The zero-order valence-electron chi connectivity index (χ0n) is 13.1. The number of furan rings is 1. The number of piperidine rings is 1. The monoisotopic (exact) mass is 315 g/mol. The number of nitrogens with zero attached hydrogens (tertiary/aromatic N) is 1. The second-order valence-electron chi connectivity index (χ2n) is 5.73. The first-order chi connectivity index (χ1) is 9.93. The highest BCUT2D eigenvalue weighted by Gasteiger charge is 2.37. The second-order valence-corrected chi connectivity index (χ2v) is 7.56. The number of aliphatic hydroxyl groups is 1. The van der Waals surface area contributed by atoms with E-state index in [0.29, 0.717) is 23.6 Å². The Hall–Kier alpha value is -0.850. The highest BCUT2D eigenvalue weighted by molar-refractivity contribution is 7.89. The number of hydrogen-bond donors (Lipinski definition) is 1. The fourth-order valence-electron chi connectivity index (χ4n) is 3.26. The quantitative estimate of drug-likeness (QED) is 0.907. The zero-order valence-corrected chi connectivity index (χ0v) is 13.9. The predicted molar refractivity (Wildman–Crippen MR) is 80.5 cm³/mol. The molecular formula is C15H25NO4S. The standard InChI is InChI=1S/C15H25NO4S/c1-4-7-13-8-5-6-9-16(13)21(18,19)15-12(3)20-11(2)14(15)10-17/h13,17H,4-10H2,1-3H3. The van der Waals surface area contributed by atoms with Crippen molar-refractivity contribution in [1.82, 2.24) is 4.31 Å². The molecule has 0 bridgehead atoms. The Morgan fingerprint density at radius 3 is 2.62 bits per heavy atom. The molecule has 1 aromatic rings.